The van der Waals surface area contributed by atoms with Crippen molar-refractivity contribution in [1.29, 1.82) is 0 Å². The Morgan fingerprint density at radius 2 is 1.64 bits per heavy atom. The molecule has 0 bridgehead atoms. The van der Waals surface area contributed by atoms with E-state index in [1.807, 2.05) is 107 Å². The van der Waals surface area contributed by atoms with E-state index >= 15 is 0 Å². The van der Waals surface area contributed by atoms with Gasteiger partial charge in [-0.25, -0.2) is 9.78 Å². The minimum absolute atomic E-state index is 0.00228. The van der Waals surface area contributed by atoms with Crippen molar-refractivity contribution in [2.24, 2.45) is 11.8 Å². The molecule has 4 aromatic rings. The number of piperidine rings is 1. The Hall–Kier alpha value is -4.70. The number of benzene rings is 3. The zero-order valence-electron chi connectivity index (χ0n) is 29.6. The molecule has 1 fully saturated rings. The first-order valence-electron chi connectivity index (χ1n) is 17.6. The fourth-order valence-electron chi connectivity index (χ4n) is 6.18. The molecule has 2 atom stereocenters. The summed E-state index contributed by atoms with van der Waals surface area (Å²) in [5.41, 5.74) is 2.22. The van der Waals surface area contributed by atoms with Crippen molar-refractivity contribution in [1.82, 2.24) is 20.5 Å². The van der Waals surface area contributed by atoms with Crippen molar-refractivity contribution in [3.63, 3.8) is 0 Å². The first-order valence-corrected chi connectivity index (χ1v) is 17.6. The number of oxazole rings is 1. The maximum Gasteiger partial charge on any atom is 0.410 e. The molecule has 1 saturated heterocycles. The van der Waals surface area contributed by atoms with Crippen molar-refractivity contribution < 1.29 is 28.6 Å². The Labute approximate surface area is 294 Å². The van der Waals surface area contributed by atoms with Gasteiger partial charge in [-0.1, -0.05) is 73.7 Å². The molecule has 0 aliphatic carbocycles. The van der Waals surface area contributed by atoms with Crippen LogP contribution in [-0.2, 0) is 26.3 Å². The molecule has 2 heterocycles. The molecule has 10 nitrogen and oxygen atoms in total. The number of aromatic nitrogens is 1. The number of rotatable bonds is 13. The fourth-order valence-corrected chi connectivity index (χ4v) is 6.18. The van der Waals surface area contributed by atoms with Crippen molar-refractivity contribution >= 4 is 29.0 Å². The minimum atomic E-state index is -1.53. The largest absolute Gasteiger partial charge is 0.444 e. The fraction of sp³-hybridized carbons (Fsp3) is 0.450. The highest BCUT2D eigenvalue weighted by Crippen LogP contribution is 2.31. The third-order valence-corrected chi connectivity index (χ3v) is 9.13. The van der Waals surface area contributed by atoms with Crippen LogP contribution >= 0.6 is 0 Å². The molecule has 0 saturated carbocycles. The zero-order chi connectivity index (χ0) is 35.7. The van der Waals surface area contributed by atoms with Crippen molar-refractivity contribution in [2.45, 2.75) is 77.4 Å². The molecule has 1 aliphatic heterocycles. The molecule has 3 N–H and O–H groups in total. The van der Waals surface area contributed by atoms with Crippen LogP contribution in [0.5, 0.6) is 0 Å². The molecule has 1 aromatic heterocycles. The van der Waals surface area contributed by atoms with Gasteiger partial charge in [0.15, 0.2) is 11.2 Å². The highest BCUT2D eigenvalue weighted by atomic mass is 16.6. The van der Waals surface area contributed by atoms with Crippen LogP contribution in [0.2, 0.25) is 0 Å². The Morgan fingerprint density at radius 1 is 0.960 bits per heavy atom. The number of nitrogens with zero attached hydrogens (tertiary/aromatic N) is 2. The van der Waals surface area contributed by atoms with Gasteiger partial charge >= 0.3 is 6.09 Å². The van der Waals surface area contributed by atoms with Gasteiger partial charge in [0.05, 0.1) is 6.54 Å². The molecule has 0 radical (unpaired) electrons. The predicted molar refractivity (Wildman–Crippen MR) is 193 cm³/mol. The number of aryl methyl sites for hydroxylation is 1. The van der Waals surface area contributed by atoms with E-state index in [2.05, 4.69) is 10.6 Å². The predicted octanol–water partition coefficient (Wildman–Crippen LogP) is 6.61. The van der Waals surface area contributed by atoms with E-state index < -0.39 is 11.2 Å². The second-order valence-electron chi connectivity index (χ2n) is 14.5. The zero-order valence-corrected chi connectivity index (χ0v) is 29.6. The lowest BCUT2D eigenvalue weighted by Crippen LogP contribution is -2.45. The number of amides is 3. The highest BCUT2D eigenvalue weighted by Gasteiger charge is 2.36. The van der Waals surface area contributed by atoms with Crippen LogP contribution in [0, 0.1) is 11.8 Å². The number of nitrogens with one attached hydrogen (secondary N) is 2. The number of ether oxygens (including phenoxy) is 1. The van der Waals surface area contributed by atoms with Gasteiger partial charge in [-0.05, 0) is 87.6 Å². The lowest BCUT2D eigenvalue weighted by Gasteiger charge is -2.33. The van der Waals surface area contributed by atoms with Crippen molar-refractivity contribution in [3.8, 4) is 11.1 Å². The topological polar surface area (TPSA) is 134 Å². The van der Waals surface area contributed by atoms with Crippen LogP contribution in [-0.4, -0.2) is 64.7 Å². The van der Waals surface area contributed by atoms with E-state index in [0.717, 1.165) is 16.7 Å². The summed E-state index contributed by atoms with van der Waals surface area (Å²) in [5, 5.41) is 17.9. The minimum Gasteiger partial charge on any atom is -0.444 e. The number of likely N-dealkylation sites (tertiary alicyclic amines) is 1. The van der Waals surface area contributed by atoms with Crippen molar-refractivity contribution in [3.05, 3.63) is 90.3 Å². The van der Waals surface area contributed by atoms with Crippen LogP contribution in [0.15, 0.2) is 83.3 Å². The van der Waals surface area contributed by atoms with Crippen molar-refractivity contribution in [2.75, 3.05) is 26.2 Å². The SMILES string of the molecule is CC(CCNC(=O)C1CCN(C(=O)OC(C)(C)C)CC1)CC(=O)NCC(O)(CCc1ccccc1)c1nc2cc(-c3ccccc3)ccc2o1. The van der Waals surface area contributed by atoms with Crippen LogP contribution in [0.1, 0.15) is 71.3 Å². The van der Waals surface area contributed by atoms with Gasteiger partial charge in [-0.3, -0.25) is 9.59 Å². The van der Waals surface area contributed by atoms with Gasteiger partial charge in [-0.15, -0.1) is 0 Å². The first kappa shape index (κ1) is 36.6. The molecule has 5 rings (SSSR count). The Kier molecular flexibility index (Phi) is 12.0. The van der Waals surface area contributed by atoms with Crippen LogP contribution in [0.4, 0.5) is 4.79 Å². The molecule has 0 spiro atoms. The monoisotopic (exact) mass is 682 g/mol. The molecule has 10 heteroatoms. The van der Waals surface area contributed by atoms with E-state index in [0.29, 0.717) is 62.8 Å². The summed E-state index contributed by atoms with van der Waals surface area (Å²) in [7, 11) is 0. The maximum atomic E-state index is 13.1. The third kappa shape index (κ3) is 10.2. The summed E-state index contributed by atoms with van der Waals surface area (Å²) in [6, 6.07) is 25.6. The van der Waals surface area contributed by atoms with E-state index in [1.165, 1.54) is 0 Å². The summed E-state index contributed by atoms with van der Waals surface area (Å²) in [6.45, 7) is 8.85. The summed E-state index contributed by atoms with van der Waals surface area (Å²) in [6.07, 6.45) is 2.57. The molecular weight excluding hydrogens is 632 g/mol. The number of aliphatic hydroxyl groups is 1. The summed E-state index contributed by atoms with van der Waals surface area (Å²) in [4.78, 5) is 44.6. The number of carbonyl (C=O) groups excluding carboxylic acids is 3. The lowest BCUT2D eigenvalue weighted by molar-refractivity contribution is -0.126. The van der Waals surface area contributed by atoms with E-state index in [1.54, 1.807) is 4.90 Å². The number of hydrogen-bond donors (Lipinski definition) is 3. The quantitative estimate of drug-likeness (QED) is 0.145. The first-order chi connectivity index (χ1) is 23.9. The molecule has 50 heavy (non-hydrogen) atoms. The highest BCUT2D eigenvalue weighted by molar-refractivity contribution is 5.81. The van der Waals surface area contributed by atoms with E-state index in [4.69, 9.17) is 14.1 Å². The Bertz CT molecular complexity index is 1730. The third-order valence-electron chi connectivity index (χ3n) is 9.13. The average Bonchev–Trinajstić information content (AvgIpc) is 3.55. The number of hydrogen-bond acceptors (Lipinski definition) is 7. The molecule has 3 aromatic carbocycles. The van der Waals surface area contributed by atoms with Gasteiger partial charge in [0, 0.05) is 32.0 Å². The molecule has 1 aliphatic rings. The molecule has 266 valence electrons. The van der Waals surface area contributed by atoms with Crippen LogP contribution in [0.25, 0.3) is 22.2 Å². The van der Waals surface area contributed by atoms with Gasteiger partial charge in [0.2, 0.25) is 17.7 Å². The maximum absolute atomic E-state index is 13.1. The summed E-state index contributed by atoms with van der Waals surface area (Å²) >= 11 is 0. The van der Waals surface area contributed by atoms with E-state index in [-0.39, 0.29) is 48.6 Å². The number of fused-ring (bicyclic) bond motifs is 1. The summed E-state index contributed by atoms with van der Waals surface area (Å²) in [5.74, 6) is -0.205. The standard InChI is InChI=1S/C40H50N4O6/c1-28(18-22-41-36(46)31-19-23-44(24-20-31)38(47)50-39(2,3)4)25-35(45)42-27-40(48,21-17-29-11-7-5-8-12-29)37-43-33-26-32(15-16-34(33)49-37)30-13-9-6-10-14-30/h5-16,26,28,31,48H,17-25,27H2,1-4H3,(H,41,46)(H,42,45). The summed E-state index contributed by atoms with van der Waals surface area (Å²) < 4.78 is 11.6. The second kappa shape index (κ2) is 16.3. The van der Waals surface area contributed by atoms with Crippen LogP contribution in [0.3, 0.4) is 0 Å². The number of carbonyl (C=O) groups is 3. The Balaban J connectivity index is 1.13. The lowest BCUT2D eigenvalue weighted by atomic mass is 9.94. The van der Waals surface area contributed by atoms with Gasteiger partial charge in [0.25, 0.3) is 0 Å². The smallest absolute Gasteiger partial charge is 0.410 e. The van der Waals surface area contributed by atoms with Crippen LogP contribution < -0.4 is 10.6 Å². The van der Waals surface area contributed by atoms with Gasteiger partial charge in [0.1, 0.15) is 11.1 Å². The normalized spacial score (nSPS) is 15.7. The average molecular weight is 683 g/mol. The second-order valence-corrected chi connectivity index (χ2v) is 14.5. The van der Waals surface area contributed by atoms with Gasteiger partial charge < -0.3 is 29.8 Å². The molecular formula is C40H50N4O6. The van der Waals surface area contributed by atoms with Gasteiger partial charge in [-0.2, -0.15) is 0 Å². The molecule has 2 unspecified atom stereocenters. The molecule has 3 amide bonds. The van der Waals surface area contributed by atoms with E-state index in [9.17, 15) is 19.5 Å². The Morgan fingerprint density at radius 3 is 2.32 bits per heavy atom.